The molecule has 0 aliphatic rings. The summed E-state index contributed by atoms with van der Waals surface area (Å²) in [5, 5.41) is 3.94. The fourth-order valence-corrected chi connectivity index (χ4v) is 1.35. The van der Waals surface area contributed by atoms with Gasteiger partial charge in [-0.25, -0.2) is 14.3 Å². The summed E-state index contributed by atoms with van der Waals surface area (Å²) in [7, 11) is 1.29. The molecule has 16 heavy (non-hydrogen) atoms. The Morgan fingerprint density at radius 2 is 2.12 bits per heavy atom. The molecule has 2 rings (SSSR count). The number of rotatable bonds is 2. The molecule has 0 aliphatic heterocycles. The fourth-order valence-electron chi connectivity index (χ4n) is 1.35. The molecule has 6 nitrogen and oxygen atoms in total. The summed E-state index contributed by atoms with van der Waals surface area (Å²) in [5.74, 6) is -0.609. The normalized spacial score (nSPS) is 10.4. The number of aromatic nitrogens is 3. The van der Waals surface area contributed by atoms with E-state index in [0.717, 1.165) is 0 Å². The molecule has 0 fully saturated rings. The maximum atomic E-state index is 11.2. The predicted molar refractivity (Wildman–Crippen MR) is 54.3 cm³/mol. The Hall–Kier alpha value is -2.24. The van der Waals surface area contributed by atoms with Gasteiger partial charge >= 0.3 is 5.97 Å². The van der Waals surface area contributed by atoms with Crippen LogP contribution < -0.4 is 0 Å². The van der Waals surface area contributed by atoms with Crippen LogP contribution in [-0.4, -0.2) is 33.5 Å². The third-order valence-electron chi connectivity index (χ3n) is 2.16. The average Bonchev–Trinajstić information content (AvgIpc) is 2.70. The molecule has 6 heteroatoms. The smallest absolute Gasteiger partial charge is 0.341 e. The molecular formula is C10H9N3O3. The van der Waals surface area contributed by atoms with Crippen molar-refractivity contribution in [3.05, 3.63) is 29.7 Å². The van der Waals surface area contributed by atoms with Crippen LogP contribution in [0.1, 0.15) is 27.6 Å². The number of nitrogens with zero attached hydrogens (tertiary/aromatic N) is 3. The minimum atomic E-state index is -0.491. The number of fused-ring (bicyclic) bond motifs is 1. The quantitative estimate of drug-likeness (QED) is 0.549. The summed E-state index contributed by atoms with van der Waals surface area (Å²) in [6.07, 6.45) is 4.25. The van der Waals surface area contributed by atoms with Gasteiger partial charge < -0.3 is 4.74 Å². The van der Waals surface area contributed by atoms with E-state index in [9.17, 15) is 9.59 Å². The van der Waals surface area contributed by atoms with Crippen molar-refractivity contribution in [1.29, 1.82) is 0 Å². The molecule has 0 saturated carbocycles. The highest BCUT2D eigenvalue weighted by molar-refractivity contribution is 5.99. The van der Waals surface area contributed by atoms with Gasteiger partial charge in [-0.05, 0) is 6.92 Å². The van der Waals surface area contributed by atoms with Crippen molar-refractivity contribution in [2.45, 2.75) is 6.92 Å². The summed E-state index contributed by atoms with van der Waals surface area (Å²) < 4.78 is 5.93. The topological polar surface area (TPSA) is 73.6 Å². The third kappa shape index (κ3) is 1.54. The van der Waals surface area contributed by atoms with Gasteiger partial charge in [-0.3, -0.25) is 4.79 Å². The van der Waals surface area contributed by atoms with Gasteiger partial charge in [-0.15, -0.1) is 0 Å². The number of hydrogen-bond donors (Lipinski definition) is 0. The monoisotopic (exact) mass is 219 g/mol. The van der Waals surface area contributed by atoms with Gasteiger partial charge in [-0.2, -0.15) is 5.10 Å². The van der Waals surface area contributed by atoms with Gasteiger partial charge in [0.15, 0.2) is 11.4 Å². The number of methoxy groups -OCH3 is 1. The van der Waals surface area contributed by atoms with Crippen LogP contribution in [0.15, 0.2) is 18.6 Å². The van der Waals surface area contributed by atoms with Crippen molar-refractivity contribution in [3.63, 3.8) is 0 Å². The first-order valence-corrected chi connectivity index (χ1v) is 4.56. The van der Waals surface area contributed by atoms with Crippen molar-refractivity contribution in [2.75, 3.05) is 7.11 Å². The molecule has 0 saturated heterocycles. The summed E-state index contributed by atoms with van der Waals surface area (Å²) in [6, 6.07) is 0. The van der Waals surface area contributed by atoms with Crippen molar-refractivity contribution < 1.29 is 14.3 Å². The lowest BCUT2D eigenvalue weighted by atomic mass is 10.2. The lowest BCUT2D eigenvalue weighted by Crippen LogP contribution is -2.05. The van der Waals surface area contributed by atoms with E-state index in [1.807, 2.05) is 0 Å². The molecule has 0 radical (unpaired) electrons. The molecule has 0 atom stereocenters. The van der Waals surface area contributed by atoms with Crippen LogP contribution in [0.2, 0.25) is 0 Å². The van der Waals surface area contributed by atoms with Crippen molar-refractivity contribution in [2.24, 2.45) is 0 Å². The molecule has 0 spiro atoms. The Kier molecular flexibility index (Phi) is 2.40. The number of Topliss-reactive ketones (excluding diaryl/α,β-unsaturated/α-hetero) is 1. The SMILES string of the molecule is COC(=O)c1cnc2c(C(C)=O)cnn2c1. The van der Waals surface area contributed by atoms with Crippen LogP contribution in [-0.2, 0) is 4.74 Å². The Balaban J connectivity index is 2.57. The lowest BCUT2D eigenvalue weighted by molar-refractivity contribution is 0.0599. The van der Waals surface area contributed by atoms with E-state index in [1.54, 1.807) is 0 Å². The Bertz CT molecular complexity index is 574. The first kappa shape index (κ1) is 10.3. The molecule has 0 bridgehead atoms. The van der Waals surface area contributed by atoms with Crippen LogP contribution in [0.3, 0.4) is 0 Å². The molecular weight excluding hydrogens is 210 g/mol. The van der Waals surface area contributed by atoms with Gasteiger partial charge in [0.2, 0.25) is 0 Å². The Morgan fingerprint density at radius 3 is 2.75 bits per heavy atom. The van der Waals surface area contributed by atoms with E-state index in [2.05, 4.69) is 14.8 Å². The van der Waals surface area contributed by atoms with Gasteiger partial charge in [0.1, 0.15) is 0 Å². The molecule has 0 amide bonds. The molecule has 2 aromatic rings. The van der Waals surface area contributed by atoms with Crippen molar-refractivity contribution in [1.82, 2.24) is 14.6 Å². The van der Waals surface area contributed by atoms with Crippen LogP contribution in [0.5, 0.6) is 0 Å². The van der Waals surface area contributed by atoms with Gasteiger partial charge in [0.05, 0.1) is 24.4 Å². The fraction of sp³-hybridized carbons (Fsp3) is 0.200. The minimum absolute atomic E-state index is 0.117. The van der Waals surface area contributed by atoms with Crippen LogP contribution in [0.4, 0.5) is 0 Å². The van der Waals surface area contributed by atoms with Crippen LogP contribution in [0.25, 0.3) is 5.65 Å². The second-order valence-electron chi connectivity index (χ2n) is 3.22. The van der Waals surface area contributed by atoms with Gasteiger partial charge in [-0.1, -0.05) is 0 Å². The van der Waals surface area contributed by atoms with Crippen LogP contribution >= 0.6 is 0 Å². The number of carbonyl (C=O) groups excluding carboxylic acids is 2. The summed E-state index contributed by atoms with van der Waals surface area (Å²) in [4.78, 5) is 26.4. The second-order valence-corrected chi connectivity index (χ2v) is 3.22. The number of hydrogen-bond acceptors (Lipinski definition) is 5. The molecule has 0 N–H and O–H groups in total. The standard InChI is InChI=1S/C10H9N3O3/c1-6(14)8-4-12-13-5-7(10(15)16-2)3-11-9(8)13/h3-5H,1-2H3. The van der Waals surface area contributed by atoms with E-state index in [1.165, 1.54) is 37.1 Å². The first-order valence-electron chi connectivity index (χ1n) is 4.56. The molecule has 0 aromatic carbocycles. The van der Waals surface area contributed by atoms with E-state index >= 15 is 0 Å². The minimum Gasteiger partial charge on any atom is -0.465 e. The van der Waals surface area contributed by atoms with E-state index in [0.29, 0.717) is 11.2 Å². The second kappa shape index (κ2) is 3.73. The van der Waals surface area contributed by atoms with E-state index in [4.69, 9.17) is 0 Å². The number of esters is 1. The third-order valence-corrected chi connectivity index (χ3v) is 2.16. The summed E-state index contributed by atoms with van der Waals surface area (Å²) >= 11 is 0. The van der Waals surface area contributed by atoms with Gasteiger partial charge in [0, 0.05) is 12.4 Å². The number of ketones is 1. The van der Waals surface area contributed by atoms with Gasteiger partial charge in [0.25, 0.3) is 0 Å². The number of ether oxygens (including phenoxy) is 1. The highest BCUT2D eigenvalue weighted by atomic mass is 16.5. The first-order chi connectivity index (χ1) is 7.63. The maximum Gasteiger partial charge on any atom is 0.341 e. The highest BCUT2D eigenvalue weighted by Crippen LogP contribution is 2.09. The maximum absolute atomic E-state index is 11.2. The zero-order valence-electron chi connectivity index (χ0n) is 8.80. The molecule has 0 unspecified atom stereocenters. The highest BCUT2D eigenvalue weighted by Gasteiger charge is 2.12. The average molecular weight is 219 g/mol. The Labute approximate surface area is 90.9 Å². The van der Waals surface area contributed by atoms with Crippen LogP contribution in [0, 0.1) is 0 Å². The largest absolute Gasteiger partial charge is 0.465 e. The summed E-state index contributed by atoms with van der Waals surface area (Å²) in [5.41, 5.74) is 1.14. The lowest BCUT2D eigenvalue weighted by Gasteiger charge is -1.99. The van der Waals surface area contributed by atoms with Crippen molar-refractivity contribution >= 4 is 17.4 Å². The zero-order valence-corrected chi connectivity index (χ0v) is 8.80. The van der Waals surface area contributed by atoms with E-state index in [-0.39, 0.29) is 11.3 Å². The van der Waals surface area contributed by atoms with Crippen molar-refractivity contribution in [3.8, 4) is 0 Å². The molecule has 0 aliphatic carbocycles. The molecule has 82 valence electrons. The predicted octanol–water partition coefficient (Wildman–Crippen LogP) is 0.718. The van der Waals surface area contributed by atoms with E-state index < -0.39 is 5.97 Å². The summed E-state index contributed by atoms with van der Waals surface area (Å²) in [6.45, 7) is 1.44. The molecule has 2 aromatic heterocycles. The zero-order chi connectivity index (χ0) is 11.7. The number of carbonyl (C=O) groups is 2. The molecule has 2 heterocycles. The Morgan fingerprint density at radius 1 is 1.38 bits per heavy atom.